The van der Waals surface area contributed by atoms with Gasteiger partial charge in [-0.2, -0.15) is 0 Å². The number of anilines is 1. The molecule has 1 aliphatic rings. The molecular formula is C23H31NO2. The van der Waals surface area contributed by atoms with E-state index in [-0.39, 0.29) is 12.6 Å². The van der Waals surface area contributed by atoms with Gasteiger partial charge >= 0.3 is 0 Å². The Hall–Kier alpha value is -1.84. The number of hydrogen-bond donors (Lipinski definition) is 3. The second-order valence-electron chi connectivity index (χ2n) is 7.87. The lowest BCUT2D eigenvalue weighted by Gasteiger charge is -2.40. The molecule has 3 rings (SSSR count). The Morgan fingerprint density at radius 1 is 1.08 bits per heavy atom. The first-order valence-corrected chi connectivity index (χ1v) is 9.75. The smallest absolute Gasteiger partial charge is 0.0762 e. The van der Waals surface area contributed by atoms with Crippen molar-refractivity contribution in [1.29, 1.82) is 0 Å². The van der Waals surface area contributed by atoms with Gasteiger partial charge in [-0.1, -0.05) is 56.3 Å². The first-order valence-electron chi connectivity index (χ1n) is 9.75. The van der Waals surface area contributed by atoms with Crippen molar-refractivity contribution in [3.63, 3.8) is 0 Å². The zero-order valence-electron chi connectivity index (χ0n) is 16.0. The van der Waals surface area contributed by atoms with Crippen molar-refractivity contribution in [2.45, 2.75) is 51.7 Å². The molecule has 3 heteroatoms. The highest BCUT2D eigenvalue weighted by Gasteiger charge is 2.35. The fourth-order valence-corrected chi connectivity index (χ4v) is 4.12. The fraction of sp³-hybridized carbons (Fsp3) is 0.478. The summed E-state index contributed by atoms with van der Waals surface area (Å²) in [6.07, 6.45) is 1.63. The van der Waals surface area contributed by atoms with E-state index in [9.17, 15) is 10.2 Å². The highest BCUT2D eigenvalue weighted by Crippen LogP contribution is 2.47. The van der Waals surface area contributed by atoms with Gasteiger partial charge in [0, 0.05) is 12.3 Å². The van der Waals surface area contributed by atoms with E-state index >= 15 is 0 Å². The highest BCUT2D eigenvalue weighted by atomic mass is 16.3. The summed E-state index contributed by atoms with van der Waals surface area (Å²) in [5.74, 6) is 1.16. The topological polar surface area (TPSA) is 52.5 Å². The molecular weight excluding hydrogens is 322 g/mol. The Balaban J connectivity index is 1.95. The van der Waals surface area contributed by atoms with Crippen LogP contribution in [0, 0.1) is 11.8 Å². The first-order chi connectivity index (χ1) is 12.5. The second-order valence-corrected chi connectivity index (χ2v) is 7.87. The SMILES string of the molecule is CC(CO)CCC1C(C)c2cc(C(C)O)ccc2N[C@H]1c1ccccc1. The van der Waals surface area contributed by atoms with Crippen LogP contribution in [0.5, 0.6) is 0 Å². The second kappa shape index (κ2) is 8.24. The Kier molecular flexibility index (Phi) is 6.00. The van der Waals surface area contributed by atoms with Gasteiger partial charge in [-0.25, -0.2) is 0 Å². The molecule has 0 radical (unpaired) electrons. The maximum Gasteiger partial charge on any atom is 0.0762 e. The summed E-state index contributed by atoms with van der Waals surface area (Å²) < 4.78 is 0. The lowest BCUT2D eigenvalue weighted by Crippen LogP contribution is -2.31. The third-order valence-electron chi connectivity index (χ3n) is 5.89. The van der Waals surface area contributed by atoms with Crippen LogP contribution < -0.4 is 5.32 Å². The van der Waals surface area contributed by atoms with Gasteiger partial charge in [-0.3, -0.25) is 0 Å². The van der Waals surface area contributed by atoms with E-state index in [0.717, 1.165) is 18.4 Å². The summed E-state index contributed by atoms with van der Waals surface area (Å²) in [6.45, 7) is 6.47. The number of hydrogen-bond acceptors (Lipinski definition) is 3. The average molecular weight is 354 g/mol. The third kappa shape index (κ3) is 3.94. The van der Waals surface area contributed by atoms with E-state index in [1.165, 1.54) is 16.8 Å². The quantitative estimate of drug-likeness (QED) is 0.682. The Labute approximate surface area is 157 Å². The van der Waals surface area contributed by atoms with Gasteiger partial charge < -0.3 is 15.5 Å². The average Bonchev–Trinajstić information content (AvgIpc) is 2.67. The lowest BCUT2D eigenvalue weighted by atomic mass is 9.73. The van der Waals surface area contributed by atoms with Crippen molar-refractivity contribution < 1.29 is 10.2 Å². The van der Waals surface area contributed by atoms with Crippen LogP contribution in [0.4, 0.5) is 5.69 Å². The molecule has 0 saturated carbocycles. The van der Waals surface area contributed by atoms with E-state index in [2.05, 4.69) is 61.6 Å². The molecule has 2 aromatic carbocycles. The van der Waals surface area contributed by atoms with Gasteiger partial charge in [0.25, 0.3) is 0 Å². The van der Waals surface area contributed by atoms with Crippen LogP contribution in [0.2, 0.25) is 0 Å². The molecule has 1 heterocycles. The summed E-state index contributed by atoms with van der Waals surface area (Å²) in [5.41, 5.74) is 4.74. The molecule has 5 atom stereocenters. The van der Waals surface area contributed by atoms with Gasteiger partial charge in [-0.05, 0) is 60.3 Å². The number of rotatable bonds is 6. The number of aliphatic hydroxyl groups is 2. The number of aliphatic hydroxyl groups excluding tert-OH is 2. The van der Waals surface area contributed by atoms with Crippen molar-refractivity contribution in [2.75, 3.05) is 11.9 Å². The lowest BCUT2D eigenvalue weighted by molar-refractivity contribution is 0.198. The van der Waals surface area contributed by atoms with Crippen LogP contribution >= 0.6 is 0 Å². The Bertz CT molecular complexity index is 713. The van der Waals surface area contributed by atoms with E-state index in [0.29, 0.717) is 17.8 Å². The fourth-order valence-electron chi connectivity index (χ4n) is 4.12. The standard InChI is InChI=1S/C23H31NO2/c1-15(14-25)9-11-20-16(2)21-13-19(17(3)26)10-12-22(21)24-23(20)18-7-5-4-6-8-18/h4-8,10,12-13,15-17,20,23-26H,9,11,14H2,1-3H3/t15?,16?,17?,20?,23-/m0/s1. The predicted octanol–water partition coefficient (Wildman–Crippen LogP) is 5.04. The van der Waals surface area contributed by atoms with Crippen molar-refractivity contribution in [2.24, 2.45) is 11.8 Å². The first kappa shape index (κ1) is 18.9. The summed E-state index contributed by atoms with van der Waals surface area (Å²) in [7, 11) is 0. The van der Waals surface area contributed by atoms with Crippen LogP contribution in [0.25, 0.3) is 0 Å². The Morgan fingerprint density at radius 2 is 1.81 bits per heavy atom. The molecule has 0 aromatic heterocycles. The molecule has 4 unspecified atom stereocenters. The predicted molar refractivity (Wildman–Crippen MR) is 107 cm³/mol. The zero-order valence-corrected chi connectivity index (χ0v) is 16.0. The molecule has 0 fully saturated rings. The number of benzene rings is 2. The maximum absolute atomic E-state index is 9.97. The van der Waals surface area contributed by atoms with Gasteiger partial charge in [0.15, 0.2) is 0 Å². The zero-order chi connectivity index (χ0) is 18.7. The van der Waals surface area contributed by atoms with Crippen molar-refractivity contribution in [1.82, 2.24) is 0 Å². The minimum absolute atomic E-state index is 0.243. The minimum atomic E-state index is -0.452. The Morgan fingerprint density at radius 3 is 2.46 bits per heavy atom. The van der Waals surface area contributed by atoms with Crippen molar-refractivity contribution in [3.05, 3.63) is 65.2 Å². The molecule has 3 nitrogen and oxygen atoms in total. The normalized spacial score (nSPS) is 24.4. The molecule has 3 N–H and O–H groups in total. The summed E-state index contributed by atoms with van der Waals surface area (Å²) in [4.78, 5) is 0. The molecule has 1 aliphatic heterocycles. The van der Waals surface area contributed by atoms with E-state index in [1.807, 2.05) is 13.0 Å². The monoisotopic (exact) mass is 353 g/mol. The minimum Gasteiger partial charge on any atom is -0.396 e. The van der Waals surface area contributed by atoms with Crippen molar-refractivity contribution >= 4 is 5.69 Å². The summed E-state index contributed by atoms with van der Waals surface area (Å²) in [6, 6.07) is 17.2. The third-order valence-corrected chi connectivity index (χ3v) is 5.89. The largest absolute Gasteiger partial charge is 0.396 e. The van der Waals surface area contributed by atoms with Gasteiger partial charge in [-0.15, -0.1) is 0 Å². The van der Waals surface area contributed by atoms with Gasteiger partial charge in [0.1, 0.15) is 0 Å². The molecule has 0 saturated heterocycles. The van der Waals surface area contributed by atoms with Crippen LogP contribution in [0.1, 0.15) is 68.4 Å². The van der Waals surface area contributed by atoms with Gasteiger partial charge in [0.05, 0.1) is 12.1 Å². The molecule has 0 aliphatic carbocycles. The van der Waals surface area contributed by atoms with Crippen LogP contribution in [0.3, 0.4) is 0 Å². The van der Waals surface area contributed by atoms with Crippen molar-refractivity contribution in [3.8, 4) is 0 Å². The number of fused-ring (bicyclic) bond motifs is 1. The maximum atomic E-state index is 9.97. The molecule has 26 heavy (non-hydrogen) atoms. The highest BCUT2D eigenvalue weighted by molar-refractivity contribution is 5.58. The molecule has 0 spiro atoms. The molecule has 140 valence electrons. The summed E-state index contributed by atoms with van der Waals surface area (Å²) in [5, 5.41) is 23.1. The number of nitrogens with one attached hydrogen (secondary N) is 1. The van der Waals surface area contributed by atoms with E-state index in [4.69, 9.17) is 0 Å². The summed E-state index contributed by atoms with van der Waals surface area (Å²) >= 11 is 0. The van der Waals surface area contributed by atoms with Crippen LogP contribution in [-0.4, -0.2) is 16.8 Å². The van der Waals surface area contributed by atoms with Crippen LogP contribution in [-0.2, 0) is 0 Å². The van der Waals surface area contributed by atoms with E-state index in [1.54, 1.807) is 0 Å². The van der Waals surface area contributed by atoms with Gasteiger partial charge in [0.2, 0.25) is 0 Å². The molecule has 0 bridgehead atoms. The molecule has 0 amide bonds. The van der Waals surface area contributed by atoms with E-state index < -0.39 is 6.10 Å². The molecule has 2 aromatic rings. The van der Waals surface area contributed by atoms with Crippen LogP contribution in [0.15, 0.2) is 48.5 Å².